The van der Waals surface area contributed by atoms with Gasteiger partial charge in [0.1, 0.15) is 5.65 Å². The molecule has 0 spiro atoms. The van der Waals surface area contributed by atoms with Crippen LogP contribution in [0.15, 0.2) is 29.0 Å². The van der Waals surface area contributed by atoms with Crippen molar-refractivity contribution in [1.29, 1.82) is 0 Å². The quantitative estimate of drug-likeness (QED) is 0.786. The normalized spacial score (nSPS) is 12.2. The van der Waals surface area contributed by atoms with Gasteiger partial charge in [0, 0.05) is 24.2 Å². The van der Waals surface area contributed by atoms with E-state index in [0.717, 1.165) is 16.6 Å². The Morgan fingerprint density at radius 3 is 3.00 bits per heavy atom. The Hall–Kier alpha value is -2.24. The fourth-order valence-electron chi connectivity index (χ4n) is 1.90. The van der Waals surface area contributed by atoms with E-state index in [1.54, 1.807) is 6.20 Å². The fraction of sp³-hybridized carbons (Fsp3) is 0.308. The summed E-state index contributed by atoms with van der Waals surface area (Å²) in [6.45, 7) is 2.78. The standard InChI is InChI=1S/C13H13FN4O/c1-13(2,14)12-17-10(18-19-12)6-8-7-16-11-9(8)4-3-5-15-11/h3-5,7H,6H2,1-2H3,(H,15,16). The molecule has 98 valence electrons. The van der Waals surface area contributed by atoms with Crippen molar-refractivity contribution in [1.82, 2.24) is 20.1 Å². The van der Waals surface area contributed by atoms with Crippen molar-refractivity contribution < 1.29 is 8.91 Å². The van der Waals surface area contributed by atoms with E-state index in [0.29, 0.717) is 12.2 Å². The van der Waals surface area contributed by atoms with Crippen LogP contribution in [0.4, 0.5) is 4.39 Å². The lowest BCUT2D eigenvalue weighted by Gasteiger charge is -2.05. The molecule has 1 N–H and O–H groups in total. The van der Waals surface area contributed by atoms with Crippen LogP contribution >= 0.6 is 0 Å². The van der Waals surface area contributed by atoms with Crippen molar-refractivity contribution in [2.45, 2.75) is 25.9 Å². The minimum atomic E-state index is -1.62. The van der Waals surface area contributed by atoms with E-state index in [2.05, 4.69) is 20.1 Å². The van der Waals surface area contributed by atoms with Crippen molar-refractivity contribution in [3.05, 3.63) is 41.8 Å². The number of hydrogen-bond donors (Lipinski definition) is 1. The molecule has 3 aromatic heterocycles. The van der Waals surface area contributed by atoms with Gasteiger partial charge < -0.3 is 9.51 Å². The van der Waals surface area contributed by atoms with E-state index in [1.807, 2.05) is 18.3 Å². The molecule has 0 fully saturated rings. The maximum atomic E-state index is 13.7. The summed E-state index contributed by atoms with van der Waals surface area (Å²) in [5.74, 6) is 0.464. The Labute approximate surface area is 108 Å². The third-order valence-electron chi connectivity index (χ3n) is 2.86. The molecule has 0 unspecified atom stereocenters. The van der Waals surface area contributed by atoms with Crippen LogP contribution in [0.2, 0.25) is 0 Å². The van der Waals surface area contributed by atoms with E-state index in [-0.39, 0.29) is 5.89 Å². The lowest BCUT2D eigenvalue weighted by molar-refractivity contribution is 0.155. The molecular formula is C13H13FN4O. The van der Waals surface area contributed by atoms with Crippen LogP contribution in [-0.4, -0.2) is 20.1 Å². The van der Waals surface area contributed by atoms with Crippen LogP contribution < -0.4 is 0 Å². The zero-order valence-electron chi connectivity index (χ0n) is 10.6. The van der Waals surface area contributed by atoms with Crippen molar-refractivity contribution in [2.75, 3.05) is 0 Å². The summed E-state index contributed by atoms with van der Waals surface area (Å²) in [6, 6.07) is 3.83. The number of aromatic amines is 1. The highest BCUT2D eigenvalue weighted by molar-refractivity contribution is 5.79. The minimum Gasteiger partial charge on any atom is -0.346 e. The Kier molecular flexibility index (Phi) is 2.58. The molecule has 3 rings (SSSR count). The maximum absolute atomic E-state index is 13.7. The Bertz CT molecular complexity index is 711. The number of hydrogen-bond acceptors (Lipinski definition) is 4. The molecule has 0 aromatic carbocycles. The van der Waals surface area contributed by atoms with Gasteiger partial charge in [-0.2, -0.15) is 4.98 Å². The molecule has 5 nitrogen and oxygen atoms in total. The zero-order valence-corrected chi connectivity index (χ0v) is 10.6. The highest BCUT2D eigenvalue weighted by atomic mass is 19.1. The number of rotatable bonds is 3. The van der Waals surface area contributed by atoms with Gasteiger partial charge in [0.05, 0.1) is 0 Å². The van der Waals surface area contributed by atoms with E-state index in [9.17, 15) is 4.39 Å². The maximum Gasteiger partial charge on any atom is 0.263 e. The highest BCUT2D eigenvalue weighted by Gasteiger charge is 2.26. The third-order valence-corrected chi connectivity index (χ3v) is 2.86. The molecule has 0 aliphatic rings. The summed E-state index contributed by atoms with van der Waals surface area (Å²) < 4.78 is 18.6. The first-order chi connectivity index (χ1) is 9.04. The number of pyridine rings is 1. The second-order valence-corrected chi connectivity index (χ2v) is 4.88. The minimum absolute atomic E-state index is 0.000432. The number of nitrogens with zero attached hydrogens (tertiary/aromatic N) is 3. The lowest BCUT2D eigenvalue weighted by Crippen LogP contribution is -2.09. The average Bonchev–Trinajstić information content (AvgIpc) is 2.97. The molecule has 0 amide bonds. The highest BCUT2D eigenvalue weighted by Crippen LogP contribution is 2.24. The molecule has 3 heterocycles. The predicted octanol–water partition coefficient (Wildman–Crippen LogP) is 2.74. The van der Waals surface area contributed by atoms with Crippen LogP contribution in [0.1, 0.15) is 31.1 Å². The summed E-state index contributed by atoms with van der Waals surface area (Å²) in [6.07, 6.45) is 4.06. The summed E-state index contributed by atoms with van der Waals surface area (Å²) in [7, 11) is 0. The first-order valence-electron chi connectivity index (χ1n) is 5.97. The van der Waals surface area contributed by atoms with Crippen molar-refractivity contribution in [3.63, 3.8) is 0 Å². The van der Waals surface area contributed by atoms with Crippen LogP contribution in [-0.2, 0) is 12.1 Å². The first-order valence-corrected chi connectivity index (χ1v) is 5.97. The van der Waals surface area contributed by atoms with E-state index < -0.39 is 5.67 Å². The van der Waals surface area contributed by atoms with Gasteiger partial charge in [-0.1, -0.05) is 5.16 Å². The Morgan fingerprint density at radius 1 is 1.42 bits per heavy atom. The molecule has 0 bridgehead atoms. The van der Waals surface area contributed by atoms with Gasteiger partial charge >= 0.3 is 0 Å². The molecule has 0 saturated carbocycles. The topological polar surface area (TPSA) is 67.6 Å². The molecule has 0 aliphatic heterocycles. The molecule has 0 aliphatic carbocycles. The van der Waals surface area contributed by atoms with Crippen molar-refractivity contribution >= 4 is 11.0 Å². The summed E-state index contributed by atoms with van der Waals surface area (Å²) in [4.78, 5) is 11.4. The van der Waals surface area contributed by atoms with Crippen molar-refractivity contribution in [3.8, 4) is 0 Å². The number of aromatic nitrogens is 4. The summed E-state index contributed by atoms with van der Waals surface area (Å²) in [5.41, 5.74) is 0.201. The second-order valence-electron chi connectivity index (χ2n) is 4.88. The SMILES string of the molecule is CC(C)(F)c1nc(Cc2c[nH]c3ncccc23)no1. The predicted molar refractivity (Wildman–Crippen MR) is 67.3 cm³/mol. The molecule has 6 heteroatoms. The van der Waals surface area contributed by atoms with Crippen LogP contribution in [0.25, 0.3) is 11.0 Å². The largest absolute Gasteiger partial charge is 0.346 e. The number of fused-ring (bicyclic) bond motifs is 1. The molecular weight excluding hydrogens is 247 g/mol. The summed E-state index contributed by atoms with van der Waals surface area (Å²) >= 11 is 0. The second kappa shape index (κ2) is 4.15. The first kappa shape index (κ1) is 11.8. The number of halogens is 1. The van der Waals surface area contributed by atoms with Gasteiger partial charge in [0.15, 0.2) is 11.5 Å². The van der Waals surface area contributed by atoms with Gasteiger partial charge in [0.25, 0.3) is 5.89 Å². The molecule has 0 radical (unpaired) electrons. The van der Waals surface area contributed by atoms with E-state index >= 15 is 0 Å². The monoisotopic (exact) mass is 260 g/mol. The number of H-pyrrole nitrogens is 1. The molecule has 19 heavy (non-hydrogen) atoms. The smallest absolute Gasteiger partial charge is 0.263 e. The van der Waals surface area contributed by atoms with Crippen molar-refractivity contribution in [2.24, 2.45) is 0 Å². The average molecular weight is 260 g/mol. The van der Waals surface area contributed by atoms with Gasteiger partial charge in [-0.05, 0) is 31.5 Å². The van der Waals surface area contributed by atoms with E-state index in [4.69, 9.17) is 4.52 Å². The van der Waals surface area contributed by atoms with Crippen LogP contribution in [0.3, 0.4) is 0 Å². The summed E-state index contributed by atoms with van der Waals surface area (Å²) in [5, 5.41) is 4.81. The van der Waals surface area contributed by atoms with Gasteiger partial charge in [0.2, 0.25) is 0 Å². The molecule has 0 saturated heterocycles. The van der Waals surface area contributed by atoms with E-state index in [1.165, 1.54) is 13.8 Å². The lowest BCUT2D eigenvalue weighted by atomic mass is 10.1. The molecule has 3 aromatic rings. The van der Waals surface area contributed by atoms with Crippen LogP contribution in [0.5, 0.6) is 0 Å². The third kappa shape index (κ3) is 2.21. The van der Waals surface area contributed by atoms with Gasteiger partial charge in [-0.3, -0.25) is 0 Å². The Morgan fingerprint density at radius 2 is 2.26 bits per heavy atom. The Balaban J connectivity index is 1.91. The van der Waals surface area contributed by atoms with Crippen LogP contribution in [0, 0.1) is 0 Å². The molecule has 0 atom stereocenters. The van der Waals surface area contributed by atoms with Gasteiger partial charge in [-0.25, -0.2) is 9.37 Å². The number of nitrogens with one attached hydrogen (secondary N) is 1. The zero-order chi connectivity index (χ0) is 13.5. The number of alkyl halides is 1. The van der Waals surface area contributed by atoms with Gasteiger partial charge in [-0.15, -0.1) is 0 Å². The fourth-order valence-corrected chi connectivity index (χ4v) is 1.90.